The van der Waals surface area contributed by atoms with Gasteiger partial charge in [-0.05, 0) is 30.4 Å². The van der Waals surface area contributed by atoms with Crippen LogP contribution in [-0.4, -0.2) is 9.97 Å². The number of H-pyrrole nitrogens is 1. The summed E-state index contributed by atoms with van der Waals surface area (Å²) in [5, 5.41) is 1.04. The molecule has 0 aliphatic carbocycles. The van der Waals surface area contributed by atoms with E-state index in [2.05, 4.69) is 4.98 Å². The van der Waals surface area contributed by atoms with Gasteiger partial charge in [-0.3, -0.25) is 0 Å². The molecule has 0 unspecified atom stereocenters. The van der Waals surface area contributed by atoms with E-state index in [-0.39, 0.29) is 16.2 Å². The Morgan fingerprint density at radius 2 is 2.00 bits per heavy atom. The molecular formula is C13H6ClF3N2OS. The molecule has 0 amide bonds. The molecule has 8 heteroatoms. The van der Waals surface area contributed by atoms with E-state index in [0.29, 0.717) is 16.0 Å². The van der Waals surface area contributed by atoms with Gasteiger partial charge in [0.05, 0.1) is 5.02 Å². The second-order valence-electron chi connectivity index (χ2n) is 4.25. The predicted octanol–water partition coefficient (Wildman–Crippen LogP) is 5.22. The van der Waals surface area contributed by atoms with Crippen LogP contribution in [0, 0.1) is 4.77 Å². The highest BCUT2D eigenvalue weighted by Crippen LogP contribution is 2.33. The van der Waals surface area contributed by atoms with Crippen LogP contribution in [-0.2, 0) is 6.18 Å². The number of para-hydroxylation sites is 1. The van der Waals surface area contributed by atoms with E-state index < -0.39 is 11.9 Å². The number of aromatic nitrogens is 2. The van der Waals surface area contributed by atoms with Gasteiger partial charge in [0.25, 0.3) is 0 Å². The second kappa shape index (κ2) is 4.85. The highest BCUT2D eigenvalue weighted by Gasteiger charge is 2.32. The summed E-state index contributed by atoms with van der Waals surface area (Å²) in [6.45, 7) is 0. The normalized spacial score (nSPS) is 12.0. The molecule has 0 saturated carbocycles. The highest BCUT2D eigenvalue weighted by atomic mass is 35.5. The van der Waals surface area contributed by atoms with Gasteiger partial charge in [-0.25, -0.2) is 4.98 Å². The first-order valence-electron chi connectivity index (χ1n) is 5.71. The third kappa shape index (κ3) is 2.66. The van der Waals surface area contributed by atoms with E-state index >= 15 is 0 Å². The molecule has 0 saturated heterocycles. The molecule has 3 nitrogen and oxygen atoms in total. The molecule has 21 heavy (non-hydrogen) atoms. The van der Waals surface area contributed by atoms with E-state index in [0.717, 1.165) is 6.07 Å². The molecule has 108 valence electrons. The standard InChI is InChI=1S/C13H6ClF3N2OS/c14-7-3-1-2-6-4-9(20-11(6)7)8-5-10(13(15,16)17)19-12(21)18-8/h1-5H,(H,18,19,21). The van der Waals surface area contributed by atoms with Crippen LogP contribution in [0.5, 0.6) is 0 Å². The summed E-state index contributed by atoms with van der Waals surface area (Å²) in [6, 6.07) is 7.50. The number of nitrogens with zero attached hydrogens (tertiary/aromatic N) is 1. The van der Waals surface area contributed by atoms with Crippen molar-refractivity contribution in [2.75, 3.05) is 0 Å². The van der Waals surface area contributed by atoms with Crippen molar-refractivity contribution in [2.45, 2.75) is 6.18 Å². The number of furan rings is 1. The number of nitrogens with one attached hydrogen (secondary N) is 1. The fourth-order valence-electron chi connectivity index (χ4n) is 1.89. The molecule has 0 spiro atoms. The maximum atomic E-state index is 12.8. The fraction of sp³-hybridized carbons (Fsp3) is 0.0769. The summed E-state index contributed by atoms with van der Waals surface area (Å²) in [7, 11) is 0. The molecular weight excluding hydrogens is 325 g/mol. The molecule has 0 radical (unpaired) electrons. The van der Waals surface area contributed by atoms with E-state index in [1.807, 2.05) is 4.98 Å². The smallest absolute Gasteiger partial charge is 0.431 e. The number of hydrogen-bond acceptors (Lipinski definition) is 3. The van der Waals surface area contributed by atoms with Crippen LogP contribution in [0.15, 0.2) is 34.7 Å². The molecule has 0 atom stereocenters. The maximum Gasteiger partial charge on any atom is 0.431 e. The highest BCUT2D eigenvalue weighted by molar-refractivity contribution is 7.71. The van der Waals surface area contributed by atoms with Gasteiger partial charge in [0.2, 0.25) is 0 Å². The molecule has 0 fully saturated rings. The first kappa shape index (κ1) is 14.1. The van der Waals surface area contributed by atoms with E-state index in [9.17, 15) is 13.2 Å². The Bertz CT molecular complexity index is 885. The van der Waals surface area contributed by atoms with Gasteiger partial charge in [0, 0.05) is 5.39 Å². The average Bonchev–Trinajstić information content (AvgIpc) is 2.82. The Balaban J connectivity index is 2.21. The van der Waals surface area contributed by atoms with Crippen molar-refractivity contribution in [3.05, 3.63) is 45.8 Å². The number of halogens is 4. The van der Waals surface area contributed by atoms with Crippen LogP contribution in [0.4, 0.5) is 13.2 Å². The van der Waals surface area contributed by atoms with E-state index in [1.165, 1.54) is 0 Å². The van der Waals surface area contributed by atoms with Crippen molar-refractivity contribution in [1.29, 1.82) is 0 Å². The van der Waals surface area contributed by atoms with Crippen LogP contribution >= 0.6 is 23.8 Å². The zero-order valence-electron chi connectivity index (χ0n) is 10.2. The summed E-state index contributed by atoms with van der Waals surface area (Å²) in [4.78, 5) is 5.88. The van der Waals surface area contributed by atoms with Crippen molar-refractivity contribution in [3.63, 3.8) is 0 Å². The molecule has 0 aliphatic heterocycles. The van der Waals surface area contributed by atoms with Crippen molar-refractivity contribution < 1.29 is 17.6 Å². The minimum Gasteiger partial charge on any atom is -0.453 e. The number of hydrogen-bond donors (Lipinski definition) is 1. The lowest BCUT2D eigenvalue weighted by Gasteiger charge is -2.07. The number of alkyl halides is 3. The molecule has 0 bridgehead atoms. The van der Waals surface area contributed by atoms with Crippen molar-refractivity contribution in [2.24, 2.45) is 0 Å². The minimum atomic E-state index is -4.55. The largest absolute Gasteiger partial charge is 0.453 e. The Hall–Kier alpha value is -1.86. The minimum absolute atomic E-state index is 0.00154. The van der Waals surface area contributed by atoms with Gasteiger partial charge in [-0.15, -0.1) is 0 Å². The van der Waals surface area contributed by atoms with Crippen molar-refractivity contribution in [1.82, 2.24) is 9.97 Å². The summed E-state index contributed by atoms with van der Waals surface area (Å²) < 4.78 is 43.5. The molecule has 1 N–H and O–H groups in total. The summed E-state index contributed by atoms with van der Waals surface area (Å²) in [5.41, 5.74) is -0.592. The van der Waals surface area contributed by atoms with Crippen molar-refractivity contribution >= 4 is 34.8 Å². The van der Waals surface area contributed by atoms with Crippen LogP contribution in [0.1, 0.15) is 5.69 Å². The lowest BCUT2D eigenvalue weighted by molar-refractivity contribution is -0.141. The summed E-state index contributed by atoms with van der Waals surface area (Å²) >= 11 is 10.7. The molecule has 2 aromatic heterocycles. The SMILES string of the molecule is FC(F)(F)c1cc(-c2cc3cccc(Cl)c3o2)nc(=S)[nH]1. The van der Waals surface area contributed by atoms with Crippen LogP contribution in [0.25, 0.3) is 22.4 Å². The van der Waals surface area contributed by atoms with E-state index in [1.54, 1.807) is 24.3 Å². The number of rotatable bonds is 1. The molecule has 3 aromatic rings. The van der Waals surface area contributed by atoms with Crippen molar-refractivity contribution in [3.8, 4) is 11.5 Å². The number of benzene rings is 1. The Kier molecular flexibility index (Phi) is 3.26. The lowest BCUT2D eigenvalue weighted by atomic mass is 10.2. The first-order valence-corrected chi connectivity index (χ1v) is 6.50. The van der Waals surface area contributed by atoms with Crippen LogP contribution in [0.2, 0.25) is 5.02 Å². The van der Waals surface area contributed by atoms with Gasteiger partial charge >= 0.3 is 6.18 Å². The lowest BCUT2D eigenvalue weighted by Crippen LogP contribution is -2.09. The molecule has 3 rings (SSSR count). The average molecular weight is 331 g/mol. The van der Waals surface area contributed by atoms with Gasteiger partial charge in [0.1, 0.15) is 11.4 Å². The maximum absolute atomic E-state index is 12.8. The van der Waals surface area contributed by atoms with Crippen LogP contribution in [0.3, 0.4) is 0 Å². The molecule has 0 aliphatic rings. The van der Waals surface area contributed by atoms with Crippen LogP contribution < -0.4 is 0 Å². The van der Waals surface area contributed by atoms with Gasteiger partial charge in [-0.1, -0.05) is 23.7 Å². The third-order valence-corrected chi connectivity index (χ3v) is 3.29. The summed E-state index contributed by atoms with van der Waals surface area (Å²) in [5.74, 6) is 0.170. The summed E-state index contributed by atoms with van der Waals surface area (Å²) in [6.07, 6.45) is -4.55. The molecule has 1 aromatic carbocycles. The molecule has 2 heterocycles. The third-order valence-electron chi connectivity index (χ3n) is 2.80. The monoisotopic (exact) mass is 330 g/mol. The van der Waals surface area contributed by atoms with Gasteiger partial charge in [-0.2, -0.15) is 13.2 Å². The zero-order valence-corrected chi connectivity index (χ0v) is 11.7. The Labute approximate surface area is 126 Å². The van der Waals surface area contributed by atoms with E-state index in [4.69, 9.17) is 28.2 Å². The fourth-order valence-corrected chi connectivity index (χ4v) is 2.32. The van der Waals surface area contributed by atoms with Gasteiger partial charge < -0.3 is 9.40 Å². The Morgan fingerprint density at radius 3 is 2.67 bits per heavy atom. The predicted molar refractivity (Wildman–Crippen MR) is 74.6 cm³/mol. The quantitative estimate of drug-likeness (QED) is 0.622. The first-order chi connectivity index (χ1) is 9.84. The Morgan fingerprint density at radius 1 is 1.24 bits per heavy atom. The zero-order chi connectivity index (χ0) is 15.2. The number of fused-ring (bicyclic) bond motifs is 1. The second-order valence-corrected chi connectivity index (χ2v) is 5.05. The topological polar surface area (TPSA) is 41.8 Å². The van der Waals surface area contributed by atoms with Gasteiger partial charge in [0.15, 0.2) is 16.1 Å². The number of aromatic amines is 1.